The molecule has 1 aromatic carbocycles. The zero-order chi connectivity index (χ0) is 17.0. The molecule has 0 fully saturated rings. The fourth-order valence-corrected chi connectivity index (χ4v) is 2.01. The molecule has 0 aliphatic heterocycles. The normalized spacial score (nSPS) is 13.1. The molecule has 1 atom stereocenters. The second-order valence-electron chi connectivity index (χ2n) is 5.13. The van der Waals surface area contributed by atoms with Crippen LogP contribution in [0.4, 0.5) is 19.1 Å². The monoisotopic (exact) mass is 330 g/mol. The van der Waals surface area contributed by atoms with Crippen LogP contribution in [0.3, 0.4) is 0 Å². The average molecular weight is 330 g/mol. The lowest BCUT2D eigenvalue weighted by atomic mass is 10.3. The van der Waals surface area contributed by atoms with Crippen molar-refractivity contribution < 1.29 is 23.1 Å². The number of nitrogens with zero attached hydrogens (tertiary/aromatic N) is 2. The van der Waals surface area contributed by atoms with Crippen LogP contribution in [0.15, 0.2) is 24.3 Å². The van der Waals surface area contributed by atoms with Gasteiger partial charge < -0.3 is 20.3 Å². The van der Waals surface area contributed by atoms with E-state index in [1.165, 1.54) is 4.57 Å². The SMILES string of the molecule is C[C@@H](O)CNc1nc2ccccc2n1CC(=O)NCC(F)(F)F. The molecule has 1 heterocycles. The van der Waals surface area contributed by atoms with Gasteiger partial charge in [0.25, 0.3) is 0 Å². The number of halogens is 3. The lowest BCUT2D eigenvalue weighted by molar-refractivity contribution is -0.138. The summed E-state index contributed by atoms with van der Waals surface area (Å²) in [6.07, 6.45) is -5.10. The number of benzene rings is 1. The van der Waals surface area contributed by atoms with Gasteiger partial charge in [0.2, 0.25) is 11.9 Å². The van der Waals surface area contributed by atoms with Crippen molar-refractivity contribution in [1.29, 1.82) is 0 Å². The Morgan fingerprint density at radius 2 is 2.09 bits per heavy atom. The third-order valence-corrected chi connectivity index (χ3v) is 3.00. The maximum atomic E-state index is 12.2. The first-order valence-electron chi connectivity index (χ1n) is 6.97. The van der Waals surface area contributed by atoms with E-state index in [9.17, 15) is 23.1 Å². The highest BCUT2D eigenvalue weighted by Crippen LogP contribution is 2.19. The summed E-state index contributed by atoms with van der Waals surface area (Å²) in [5.41, 5.74) is 1.21. The first kappa shape index (κ1) is 17.1. The van der Waals surface area contributed by atoms with Crippen molar-refractivity contribution in [2.24, 2.45) is 0 Å². The average Bonchev–Trinajstić information content (AvgIpc) is 2.80. The zero-order valence-corrected chi connectivity index (χ0v) is 12.4. The van der Waals surface area contributed by atoms with Gasteiger partial charge in [0.1, 0.15) is 13.1 Å². The van der Waals surface area contributed by atoms with Crippen LogP contribution in [0.5, 0.6) is 0 Å². The van der Waals surface area contributed by atoms with Crippen molar-refractivity contribution in [3.05, 3.63) is 24.3 Å². The van der Waals surface area contributed by atoms with E-state index in [1.54, 1.807) is 31.2 Å². The number of carbonyl (C=O) groups is 1. The number of anilines is 1. The number of aliphatic hydroxyl groups is 1. The fourth-order valence-electron chi connectivity index (χ4n) is 2.01. The Morgan fingerprint density at radius 3 is 2.74 bits per heavy atom. The molecule has 3 N–H and O–H groups in total. The van der Waals surface area contributed by atoms with Crippen molar-refractivity contribution in [3.63, 3.8) is 0 Å². The van der Waals surface area contributed by atoms with E-state index in [-0.39, 0.29) is 13.1 Å². The summed E-state index contributed by atoms with van der Waals surface area (Å²) in [5, 5.41) is 14.0. The third kappa shape index (κ3) is 4.85. The Hall–Kier alpha value is -2.29. The van der Waals surface area contributed by atoms with Gasteiger partial charge in [-0.25, -0.2) is 4.98 Å². The van der Waals surface area contributed by atoms with E-state index in [0.29, 0.717) is 17.0 Å². The van der Waals surface area contributed by atoms with Gasteiger partial charge in [-0.3, -0.25) is 4.79 Å². The minimum Gasteiger partial charge on any atom is -0.392 e. The molecule has 23 heavy (non-hydrogen) atoms. The number of amides is 1. The van der Waals surface area contributed by atoms with Crippen LogP contribution in [-0.4, -0.2) is 45.9 Å². The number of hydrogen-bond donors (Lipinski definition) is 3. The maximum Gasteiger partial charge on any atom is 0.405 e. The molecule has 0 radical (unpaired) electrons. The van der Waals surface area contributed by atoms with Gasteiger partial charge in [0.05, 0.1) is 17.1 Å². The predicted octanol–water partition coefficient (Wildman–Crippen LogP) is 1.51. The van der Waals surface area contributed by atoms with E-state index in [0.717, 1.165) is 0 Å². The fraction of sp³-hybridized carbons (Fsp3) is 0.429. The Kier molecular flexibility index (Phi) is 5.09. The van der Waals surface area contributed by atoms with Gasteiger partial charge in [-0.15, -0.1) is 0 Å². The summed E-state index contributed by atoms with van der Waals surface area (Å²) in [6.45, 7) is 0.0944. The number of rotatable bonds is 6. The first-order valence-corrected chi connectivity index (χ1v) is 6.97. The number of aromatic nitrogens is 2. The molecule has 0 aliphatic rings. The molecule has 2 aromatic rings. The van der Waals surface area contributed by atoms with Crippen LogP contribution in [-0.2, 0) is 11.3 Å². The van der Waals surface area contributed by atoms with Gasteiger partial charge in [0.15, 0.2) is 0 Å². The largest absolute Gasteiger partial charge is 0.405 e. The lowest BCUT2D eigenvalue weighted by Crippen LogP contribution is -2.36. The van der Waals surface area contributed by atoms with E-state index in [1.807, 2.05) is 5.32 Å². The van der Waals surface area contributed by atoms with Crippen molar-refractivity contribution in [3.8, 4) is 0 Å². The number of hydrogen-bond acceptors (Lipinski definition) is 4. The molecule has 0 aliphatic carbocycles. The first-order chi connectivity index (χ1) is 10.8. The third-order valence-electron chi connectivity index (χ3n) is 3.00. The van der Waals surface area contributed by atoms with Gasteiger partial charge in [-0.2, -0.15) is 13.2 Å². The number of imidazole rings is 1. The van der Waals surface area contributed by atoms with Crippen LogP contribution < -0.4 is 10.6 Å². The van der Waals surface area contributed by atoms with Crippen LogP contribution >= 0.6 is 0 Å². The van der Waals surface area contributed by atoms with Crippen molar-refractivity contribution in [1.82, 2.24) is 14.9 Å². The van der Waals surface area contributed by atoms with E-state index in [4.69, 9.17) is 0 Å². The smallest absolute Gasteiger partial charge is 0.392 e. The summed E-state index contributed by atoms with van der Waals surface area (Å²) in [5.74, 6) is -0.458. The summed E-state index contributed by atoms with van der Waals surface area (Å²) < 4.78 is 38.0. The topological polar surface area (TPSA) is 79.2 Å². The molecule has 1 aromatic heterocycles. The molecule has 126 valence electrons. The summed E-state index contributed by atoms with van der Waals surface area (Å²) in [7, 11) is 0. The molecule has 1 amide bonds. The molecule has 0 saturated heterocycles. The van der Waals surface area contributed by atoms with Crippen LogP contribution in [0, 0.1) is 0 Å². The number of alkyl halides is 3. The molecule has 2 rings (SSSR count). The molecule has 0 bridgehead atoms. The molecule has 6 nitrogen and oxygen atoms in total. The highest BCUT2D eigenvalue weighted by atomic mass is 19.4. The molecule has 0 spiro atoms. The predicted molar refractivity (Wildman–Crippen MR) is 79.0 cm³/mol. The Morgan fingerprint density at radius 1 is 1.39 bits per heavy atom. The van der Waals surface area contributed by atoms with Gasteiger partial charge in [-0.05, 0) is 19.1 Å². The van der Waals surface area contributed by atoms with Crippen LogP contribution in [0.25, 0.3) is 11.0 Å². The molecule has 9 heteroatoms. The lowest BCUT2D eigenvalue weighted by Gasteiger charge is -2.13. The minimum atomic E-state index is -4.46. The Labute approximate surface area is 130 Å². The second kappa shape index (κ2) is 6.86. The highest BCUT2D eigenvalue weighted by molar-refractivity contribution is 5.83. The molecular weight excluding hydrogens is 313 g/mol. The van der Waals surface area contributed by atoms with Crippen molar-refractivity contribution in [2.45, 2.75) is 25.7 Å². The highest BCUT2D eigenvalue weighted by Gasteiger charge is 2.28. The zero-order valence-electron chi connectivity index (χ0n) is 12.4. The maximum absolute atomic E-state index is 12.2. The standard InChI is InChI=1S/C14H17F3N4O2/c1-9(22)6-18-13-20-10-4-2-3-5-11(10)21(13)7-12(23)19-8-14(15,16)17/h2-5,9,22H,6-8H2,1H3,(H,18,20)(H,19,23)/t9-/m1/s1. The summed E-state index contributed by atoms with van der Waals surface area (Å²) >= 11 is 0. The van der Waals surface area contributed by atoms with Gasteiger partial charge in [-0.1, -0.05) is 12.1 Å². The second-order valence-corrected chi connectivity index (χ2v) is 5.13. The van der Waals surface area contributed by atoms with Crippen molar-refractivity contribution in [2.75, 3.05) is 18.4 Å². The molecule has 0 unspecified atom stereocenters. The molecular formula is C14H17F3N4O2. The number of para-hydroxylation sites is 2. The van der Waals surface area contributed by atoms with E-state index >= 15 is 0 Å². The minimum absolute atomic E-state index is 0.202. The van der Waals surface area contributed by atoms with E-state index < -0.39 is 24.7 Å². The summed E-state index contributed by atoms with van der Waals surface area (Å²) in [4.78, 5) is 16.0. The van der Waals surface area contributed by atoms with Gasteiger partial charge >= 0.3 is 6.18 Å². The quantitative estimate of drug-likeness (QED) is 0.750. The number of aliphatic hydroxyl groups excluding tert-OH is 1. The van der Waals surface area contributed by atoms with Crippen LogP contribution in [0.1, 0.15) is 6.92 Å². The molecule has 0 saturated carbocycles. The summed E-state index contributed by atoms with van der Waals surface area (Å²) in [6, 6.07) is 6.95. The van der Waals surface area contributed by atoms with Crippen molar-refractivity contribution >= 4 is 22.9 Å². The van der Waals surface area contributed by atoms with E-state index in [2.05, 4.69) is 10.3 Å². The Balaban J connectivity index is 2.19. The Bertz CT molecular complexity index is 682. The van der Waals surface area contributed by atoms with Gasteiger partial charge in [0, 0.05) is 6.54 Å². The number of nitrogens with one attached hydrogen (secondary N) is 2. The number of carbonyl (C=O) groups excluding carboxylic acids is 1. The van der Waals surface area contributed by atoms with Crippen LogP contribution in [0.2, 0.25) is 0 Å². The number of fused-ring (bicyclic) bond motifs is 1.